The van der Waals surface area contributed by atoms with Crippen molar-refractivity contribution < 1.29 is 31.5 Å². The lowest BCUT2D eigenvalue weighted by Crippen LogP contribution is -2.52. The lowest BCUT2D eigenvalue weighted by atomic mass is 9.91. The molecule has 1 aliphatic heterocycles. The predicted molar refractivity (Wildman–Crippen MR) is 135 cm³/mol. The summed E-state index contributed by atoms with van der Waals surface area (Å²) in [7, 11) is 0. The number of nitrogen functional groups attached to an aromatic ring is 2. The van der Waals surface area contributed by atoms with Crippen molar-refractivity contribution in [2.75, 3.05) is 22.9 Å². The van der Waals surface area contributed by atoms with E-state index in [4.69, 9.17) is 16.2 Å². The van der Waals surface area contributed by atoms with Crippen LogP contribution in [0, 0.1) is 11.6 Å². The van der Waals surface area contributed by atoms with E-state index in [-0.39, 0.29) is 47.7 Å². The number of aryl methyl sites for hydroxylation is 1. The van der Waals surface area contributed by atoms with Gasteiger partial charge in [-0.3, -0.25) is 4.79 Å². The maximum Gasteiger partial charge on any atom is 0.389 e. The Bertz CT molecular complexity index is 1350. The van der Waals surface area contributed by atoms with Crippen LogP contribution in [0.1, 0.15) is 37.9 Å². The number of carbonyl (C=O) groups is 1. The first-order valence-electron chi connectivity index (χ1n) is 11.4. The largest absolute Gasteiger partial charge is 0.471 e. The van der Waals surface area contributed by atoms with Crippen molar-refractivity contribution in [3.63, 3.8) is 0 Å². The highest BCUT2D eigenvalue weighted by atomic mass is 35.5. The molecule has 38 heavy (non-hydrogen) atoms. The lowest BCUT2D eigenvalue weighted by molar-refractivity contribution is -0.138. The van der Waals surface area contributed by atoms with Crippen molar-refractivity contribution in [1.29, 1.82) is 0 Å². The molecule has 204 valence electrons. The lowest BCUT2D eigenvalue weighted by Gasteiger charge is -2.41. The van der Waals surface area contributed by atoms with Crippen molar-refractivity contribution in [3.8, 4) is 16.9 Å². The van der Waals surface area contributed by atoms with Gasteiger partial charge in [-0.1, -0.05) is 13.0 Å². The molecule has 1 atom stereocenters. The number of hydrogen-bond acceptors (Lipinski definition) is 6. The minimum Gasteiger partial charge on any atom is -0.471 e. The Morgan fingerprint density at radius 1 is 1.05 bits per heavy atom. The summed E-state index contributed by atoms with van der Waals surface area (Å²) in [4.78, 5) is 23.0. The van der Waals surface area contributed by atoms with Gasteiger partial charge < -0.3 is 21.1 Å². The van der Waals surface area contributed by atoms with Crippen LogP contribution in [-0.2, 0) is 16.8 Å². The van der Waals surface area contributed by atoms with Gasteiger partial charge in [-0.15, -0.1) is 12.4 Å². The molecule has 13 heteroatoms. The molecule has 1 aromatic heterocycles. The number of ether oxygens (including phenoxy) is 1. The Morgan fingerprint density at radius 2 is 1.71 bits per heavy atom. The van der Waals surface area contributed by atoms with Crippen LogP contribution in [0.2, 0.25) is 0 Å². The van der Waals surface area contributed by atoms with E-state index in [2.05, 4.69) is 9.97 Å². The Balaban J connectivity index is 0.00000400. The van der Waals surface area contributed by atoms with Crippen LogP contribution in [0.25, 0.3) is 11.1 Å². The Kier molecular flexibility index (Phi) is 8.06. The molecule has 0 spiro atoms. The van der Waals surface area contributed by atoms with Crippen LogP contribution in [0.4, 0.5) is 39.4 Å². The number of nitrogens with two attached hydrogens (primary N) is 2. The van der Waals surface area contributed by atoms with E-state index in [1.165, 1.54) is 19.1 Å². The number of alkyl halides is 3. The van der Waals surface area contributed by atoms with Gasteiger partial charge >= 0.3 is 6.18 Å². The van der Waals surface area contributed by atoms with Gasteiger partial charge in [0.15, 0.2) is 0 Å². The first-order chi connectivity index (χ1) is 17.3. The fourth-order valence-corrected chi connectivity index (χ4v) is 4.39. The quantitative estimate of drug-likeness (QED) is 0.385. The average Bonchev–Trinajstić information content (AvgIpc) is 2.79. The van der Waals surface area contributed by atoms with Crippen LogP contribution in [-0.4, -0.2) is 28.6 Å². The maximum atomic E-state index is 14.0. The zero-order valence-corrected chi connectivity index (χ0v) is 21.2. The summed E-state index contributed by atoms with van der Waals surface area (Å²) in [5.41, 5.74) is 11.5. The maximum absolute atomic E-state index is 14.0. The molecule has 1 amide bonds. The number of rotatable bonds is 6. The molecular weight excluding hydrogens is 533 g/mol. The van der Waals surface area contributed by atoms with Gasteiger partial charge in [-0.05, 0) is 49.6 Å². The molecule has 1 aliphatic rings. The van der Waals surface area contributed by atoms with E-state index < -0.39 is 42.2 Å². The molecular formula is C25H25ClF5N5O2. The zero-order chi connectivity index (χ0) is 27.1. The number of halogens is 6. The van der Waals surface area contributed by atoms with E-state index in [1.807, 2.05) is 6.92 Å². The van der Waals surface area contributed by atoms with Gasteiger partial charge in [0, 0.05) is 30.2 Å². The standard InChI is InChI=1S/C25H24F5N5O2.ClH/c1-3-17-20(21(31)34-23(32)33-17)13-5-6-19-18(9-13)35(8-4-7-25(28,29)30)22(36)24(2,37-19)14-10-15(26)12-16(27)11-14;/h5-6,9-12H,3-4,7-8H2,1-2H3,(H4,31,32,33,34);1H/t24-;/m0./s1. The summed E-state index contributed by atoms with van der Waals surface area (Å²) < 4.78 is 72.7. The van der Waals surface area contributed by atoms with Crippen LogP contribution in [0.3, 0.4) is 0 Å². The number of aromatic nitrogens is 2. The highest BCUT2D eigenvalue weighted by Crippen LogP contribution is 2.45. The Morgan fingerprint density at radius 3 is 2.32 bits per heavy atom. The third-order valence-corrected chi connectivity index (χ3v) is 6.13. The van der Waals surface area contributed by atoms with E-state index in [0.29, 0.717) is 29.3 Å². The molecule has 0 fully saturated rings. The van der Waals surface area contributed by atoms with Gasteiger partial charge in [0.05, 0.1) is 11.4 Å². The highest BCUT2D eigenvalue weighted by Gasteiger charge is 2.47. The summed E-state index contributed by atoms with van der Waals surface area (Å²) in [5, 5.41) is 0. The smallest absolute Gasteiger partial charge is 0.389 e. The van der Waals surface area contributed by atoms with Crippen LogP contribution >= 0.6 is 12.4 Å². The number of fused-ring (bicyclic) bond motifs is 1. The van der Waals surface area contributed by atoms with Crippen molar-refractivity contribution in [3.05, 3.63) is 59.3 Å². The summed E-state index contributed by atoms with van der Waals surface area (Å²) in [6.07, 6.45) is -5.51. The molecule has 2 aromatic carbocycles. The molecule has 0 unspecified atom stereocenters. The second-order valence-electron chi connectivity index (χ2n) is 8.79. The topological polar surface area (TPSA) is 107 Å². The van der Waals surface area contributed by atoms with Gasteiger partial charge in [-0.25, -0.2) is 13.8 Å². The minimum atomic E-state index is -4.43. The molecule has 0 saturated carbocycles. The second-order valence-corrected chi connectivity index (χ2v) is 8.79. The summed E-state index contributed by atoms with van der Waals surface area (Å²) in [6, 6.07) is 7.22. The second kappa shape index (κ2) is 10.6. The number of amides is 1. The molecule has 7 nitrogen and oxygen atoms in total. The summed E-state index contributed by atoms with van der Waals surface area (Å²) >= 11 is 0. The van der Waals surface area contributed by atoms with Gasteiger partial charge in [0.2, 0.25) is 11.5 Å². The van der Waals surface area contributed by atoms with Crippen molar-refractivity contribution in [2.45, 2.75) is 44.9 Å². The monoisotopic (exact) mass is 557 g/mol. The first-order valence-corrected chi connectivity index (χ1v) is 11.4. The van der Waals surface area contributed by atoms with Crippen LogP contribution < -0.4 is 21.1 Å². The number of carbonyl (C=O) groups excluding carboxylic acids is 1. The van der Waals surface area contributed by atoms with Crippen molar-refractivity contribution in [2.24, 2.45) is 0 Å². The number of hydrogen-bond donors (Lipinski definition) is 2. The fourth-order valence-electron chi connectivity index (χ4n) is 4.39. The fraction of sp³-hybridized carbons (Fsp3) is 0.320. The first kappa shape index (κ1) is 28.9. The van der Waals surface area contributed by atoms with E-state index in [0.717, 1.165) is 17.0 Å². The molecule has 4 rings (SSSR count). The molecule has 0 radical (unpaired) electrons. The third-order valence-electron chi connectivity index (χ3n) is 6.13. The molecule has 2 heterocycles. The molecule has 0 saturated heterocycles. The SMILES string of the molecule is CCc1nc(N)nc(N)c1-c1ccc2c(c1)N(CCCC(F)(F)F)C(=O)[C@](C)(c1cc(F)cc(F)c1)O2.Cl. The average molecular weight is 558 g/mol. The molecule has 0 bridgehead atoms. The summed E-state index contributed by atoms with van der Waals surface area (Å²) in [5.74, 6) is -2.42. The molecule has 3 aromatic rings. The van der Waals surface area contributed by atoms with Crippen LogP contribution in [0.15, 0.2) is 36.4 Å². The van der Waals surface area contributed by atoms with Crippen LogP contribution in [0.5, 0.6) is 5.75 Å². The Labute approximate surface area is 221 Å². The molecule has 0 aliphatic carbocycles. The highest BCUT2D eigenvalue weighted by molar-refractivity contribution is 6.04. The summed E-state index contributed by atoms with van der Waals surface area (Å²) in [6.45, 7) is 2.83. The molecule has 4 N–H and O–H groups in total. The third kappa shape index (κ3) is 5.59. The normalized spacial score (nSPS) is 17.0. The van der Waals surface area contributed by atoms with E-state index >= 15 is 0 Å². The Hall–Kier alpha value is -3.67. The number of nitrogens with zero attached hydrogens (tertiary/aromatic N) is 3. The van der Waals surface area contributed by atoms with Crippen molar-refractivity contribution in [1.82, 2.24) is 9.97 Å². The number of anilines is 3. The van der Waals surface area contributed by atoms with Gasteiger partial charge in [0.1, 0.15) is 23.2 Å². The van der Waals surface area contributed by atoms with E-state index in [9.17, 15) is 26.7 Å². The minimum absolute atomic E-state index is 0. The van der Waals surface area contributed by atoms with Gasteiger partial charge in [-0.2, -0.15) is 18.2 Å². The van der Waals surface area contributed by atoms with Gasteiger partial charge in [0.25, 0.3) is 5.91 Å². The predicted octanol–water partition coefficient (Wildman–Crippen LogP) is 5.55. The van der Waals surface area contributed by atoms with E-state index in [1.54, 1.807) is 6.07 Å². The number of benzene rings is 2. The zero-order valence-electron chi connectivity index (χ0n) is 20.4. The van der Waals surface area contributed by atoms with Crippen molar-refractivity contribution >= 4 is 35.8 Å².